The molecule has 9 nitrogen and oxygen atoms in total. The smallest absolute Gasteiger partial charge is 0.329 e. The number of carbonyl (C=O) groups is 4. The van der Waals surface area contributed by atoms with Crippen LogP contribution in [0, 0.1) is 26.7 Å². The molecule has 0 aliphatic heterocycles. The van der Waals surface area contributed by atoms with E-state index in [0.29, 0.717) is 5.69 Å². The van der Waals surface area contributed by atoms with E-state index in [-0.39, 0.29) is 18.2 Å². The average molecular weight is 444 g/mol. The number of rotatable bonds is 9. The van der Waals surface area contributed by atoms with E-state index >= 15 is 0 Å². The van der Waals surface area contributed by atoms with Gasteiger partial charge in [0.05, 0.1) is 12.8 Å². The molecule has 1 aromatic heterocycles. The number of ether oxygens (including phenoxy) is 1. The highest BCUT2D eigenvalue weighted by Crippen LogP contribution is 2.21. The molecule has 1 atom stereocenters. The van der Waals surface area contributed by atoms with Crippen molar-refractivity contribution >= 4 is 29.4 Å². The van der Waals surface area contributed by atoms with Crippen LogP contribution in [0.4, 0.5) is 5.69 Å². The van der Waals surface area contributed by atoms with Gasteiger partial charge in [0.25, 0.3) is 11.8 Å². The summed E-state index contributed by atoms with van der Waals surface area (Å²) in [6.07, 6.45) is 1.35. The fourth-order valence-corrected chi connectivity index (χ4v) is 3.14. The Morgan fingerprint density at radius 3 is 2.25 bits per heavy atom. The number of nitrogens with one attached hydrogen (secondary N) is 3. The number of aryl methyl sites for hydroxylation is 3. The van der Waals surface area contributed by atoms with Crippen LogP contribution in [-0.2, 0) is 19.1 Å². The second-order valence-electron chi connectivity index (χ2n) is 7.88. The molecule has 32 heavy (non-hydrogen) atoms. The summed E-state index contributed by atoms with van der Waals surface area (Å²) < 4.78 is 10.0. The van der Waals surface area contributed by atoms with Crippen molar-refractivity contribution in [2.45, 2.75) is 40.7 Å². The normalized spacial score (nSPS) is 11.6. The van der Waals surface area contributed by atoms with Crippen LogP contribution in [0.3, 0.4) is 0 Å². The van der Waals surface area contributed by atoms with Gasteiger partial charge in [-0.25, -0.2) is 4.79 Å². The van der Waals surface area contributed by atoms with Crippen molar-refractivity contribution in [2.75, 3.05) is 18.5 Å². The minimum atomic E-state index is -0.962. The second kappa shape index (κ2) is 11.1. The molecule has 2 aromatic rings. The Bertz CT molecular complexity index is 959. The molecule has 3 N–H and O–H groups in total. The molecule has 9 heteroatoms. The summed E-state index contributed by atoms with van der Waals surface area (Å²) >= 11 is 0. The highest BCUT2D eigenvalue weighted by molar-refractivity contribution is 5.96. The molecule has 172 valence electrons. The van der Waals surface area contributed by atoms with E-state index < -0.39 is 36.3 Å². The first kappa shape index (κ1) is 24.6. The van der Waals surface area contributed by atoms with E-state index in [9.17, 15) is 19.2 Å². The second-order valence-corrected chi connectivity index (χ2v) is 7.88. The summed E-state index contributed by atoms with van der Waals surface area (Å²) in [4.78, 5) is 48.7. The van der Waals surface area contributed by atoms with Crippen LogP contribution in [0.25, 0.3) is 0 Å². The molecule has 1 aromatic carbocycles. The van der Waals surface area contributed by atoms with Crippen molar-refractivity contribution in [3.8, 4) is 0 Å². The zero-order valence-electron chi connectivity index (χ0n) is 18.9. The minimum absolute atomic E-state index is 0.0613. The lowest BCUT2D eigenvalue weighted by molar-refractivity contribution is -0.151. The molecule has 0 saturated heterocycles. The van der Waals surface area contributed by atoms with E-state index in [1.54, 1.807) is 19.9 Å². The third kappa shape index (κ3) is 6.97. The number of anilines is 1. The van der Waals surface area contributed by atoms with Crippen LogP contribution < -0.4 is 16.0 Å². The van der Waals surface area contributed by atoms with Gasteiger partial charge in [0.15, 0.2) is 12.4 Å². The van der Waals surface area contributed by atoms with Gasteiger partial charge in [-0.1, -0.05) is 31.5 Å². The first-order valence-electron chi connectivity index (χ1n) is 10.2. The van der Waals surface area contributed by atoms with Gasteiger partial charge < -0.3 is 25.1 Å². The highest BCUT2D eigenvalue weighted by atomic mass is 16.5. The van der Waals surface area contributed by atoms with Gasteiger partial charge in [0, 0.05) is 5.69 Å². The predicted octanol–water partition coefficient (Wildman–Crippen LogP) is 2.26. The van der Waals surface area contributed by atoms with Gasteiger partial charge in [0.2, 0.25) is 5.91 Å². The molecule has 2 rings (SSSR count). The standard InChI is InChI=1S/C23H29N3O6/c1-13(2)20(26-22(29)17-7-6-8-31-17)23(30)32-12-19(28)24-11-18(27)25-21-15(4)9-14(3)10-16(21)5/h6-10,13,20H,11-12H2,1-5H3,(H,24,28)(H,25,27)(H,26,29). The predicted molar refractivity (Wildman–Crippen MR) is 118 cm³/mol. The number of hydrogen-bond acceptors (Lipinski definition) is 6. The van der Waals surface area contributed by atoms with E-state index in [1.807, 2.05) is 32.9 Å². The van der Waals surface area contributed by atoms with E-state index in [2.05, 4.69) is 16.0 Å². The average Bonchev–Trinajstić information content (AvgIpc) is 3.26. The Morgan fingerprint density at radius 1 is 1.03 bits per heavy atom. The molecule has 0 spiro atoms. The SMILES string of the molecule is Cc1cc(C)c(NC(=O)CNC(=O)COC(=O)C(NC(=O)c2ccco2)C(C)C)c(C)c1. The maximum atomic E-state index is 12.3. The Hall–Kier alpha value is -3.62. The molecule has 0 bridgehead atoms. The lowest BCUT2D eigenvalue weighted by atomic mass is 10.0. The largest absolute Gasteiger partial charge is 0.459 e. The van der Waals surface area contributed by atoms with Crippen LogP contribution in [0.5, 0.6) is 0 Å². The fraction of sp³-hybridized carbons (Fsp3) is 0.391. The molecule has 0 aliphatic rings. The number of furan rings is 1. The van der Waals surface area contributed by atoms with Crippen molar-refractivity contribution in [3.63, 3.8) is 0 Å². The van der Waals surface area contributed by atoms with E-state index in [1.165, 1.54) is 12.3 Å². The third-order valence-electron chi connectivity index (χ3n) is 4.69. The maximum absolute atomic E-state index is 12.3. The Kier molecular flexibility index (Phi) is 8.57. The van der Waals surface area contributed by atoms with Crippen LogP contribution in [0.15, 0.2) is 34.9 Å². The summed E-state index contributed by atoms with van der Waals surface area (Å²) in [5.74, 6) is -2.57. The van der Waals surface area contributed by atoms with Gasteiger partial charge in [-0.3, -0.25) is 14.4 Å². The Morgan fingerprint density at radius 2 is 1.69 bits per heavy atom. The molecule has 0 radical (unpaired) electrons. The number of esters is 1. The number of hydrogen-bond donors (Lipinski definition) is 3. The van der Waals surface area contributed by atoms with Crippen LogP contribution in [0.1, 0.15) is 41.1 Å². The summed E-state index contributed by atoms with van der Waals surface area (Å²) in [5.41, 5.74) is 3.64. The van der Waals surface area contributed by atoms with Crippen molar-refractivity contribution in [3.05, 3.63) is 53.0 Å². The molecular weight excluding hydrogens is 414 g/mol. The third-order valence-corrected chi connectivity index (χ3v) is 4.69. The minimum Gasteiger partial charge on any atom is -0.459 e. The summed E-state index contributed by atoms with van der Waals surface area (Å²) in [5, 5.41) is 7.72. The zero-order valence-corrected chi connectivity index (χ0v) is 18.9. The lowest BCUT2D eigenvalue weighted by Crippen LogP contribution is -2.46. The maximum Gasteiger partial charge on any atom is 0.329 e. The van der Waals surface area contributed by atoms with Gasteiger partial charge in [-0.15, -0.1) is 0 Å². The highest BCUT2D eigenvalue weighted by Gasteiger charge is 2.27. The van der Waals surface area contributed by atoms with Gasteiger partial charge >= 0.3 is 5.97 Å². The Balaban J connectivity index is 1.81. The van der Waals surface area contributed by atoms with Crippen molar-refractivity contribution in [1.82, 2.24) is 10.6 Å². The van der Waals surface area contributed by atoms with Crippen molar-refractivity contribution < 1.29 is 28.3 Å². The quantitative estimate of drug-likeness (QED) is 0.510. The number of carbonyl (C=O) groups excluding carboxylic acids is 4. The van der Waals surface area contributed by atoms with Crippen molar-refractivity contribution in [2.24, 2.45) is 5.92 Å². The molecule has 3 amide bonds. The summed E-state index contributed by atoms with van der Waals surface area (Å²) in [6, 6.07) is 5.97. The first-order chi connectivity index (χ1) is 15.1. The molecule has 0 fully saturated rings. The molecule has 0 saturated carbocycles. The molecular formula is C23H29N3O6. The topological polar surface area (TPSA) is 127 Å². The van der Waals surface area contributed by atoms with Gasteiger partial charge in [-0.05, 0) is 49.9 Å². The summed E-state index contributed by atoms with van der Waals surface area (Å²) in [6.45, 7) is 8.37. The number of benzene rings is 1. The lowest BCUT2D eigenvalue weighted by Gasteiger charge is -2.20. The molecule has 0 aliphatic carbocycles. The van der Waals surface area contributed by atoms with Crippen molar-refractivity contribution in [1.29, 1.82) is 0 Å². The van der Waals surface area contributed by atoms with Crippen LogP contribution in [-0.4, -0.2) is 42.9 Å². The van der Waals surface area contributed by atoms with Crippen LogP contribution in [0.2, 0.25) is 0 Å². The van der Waals surface area contributed by atoms with Gasteiger partial charge in [-0.2, -0.15) is 0 Å². The zero-order chi connectivity index (χ0) is 23.8. The van der Waals surface area contributed by atoms with E-state index in [4.69, 9.17) is 9.15 Å². The fourth-order valence-electron chi connectivity index (χ4n) is 3.14. The summed E-state index contributed by atoms with van der Waals surface area (Å²) in [7, 11) is 0. The van der Waals surface area contributed by atoms with Crippen LogP contribution >= 0.6 is 0 Å². The first-order valence-corrected chi connectivity index (χ1v) is 10.2. The van der Waals surface area contributed by atoms with Gasteiger partial charge in [0.1, 0.15) is 6.04 Å². The molecule has 1 unspecified atom stereocenters. The Labute approximate surface area is 186 Å². The monoisotopic (exact) mass is 443 g/mol. The number of amides is 3. The van der Waals surface area contributed by atoms with E-state index in [0.717, 1.165) is 16.7 Å². The molecule has 1 heterocycles.